The van der Waals surface area contributed by atoms with Gasteiger partial charge >= 0.3 is 6.03 Å². The van der Waals surface area contributed by atoms with Gasteiger partial charge in [-0.25, -0.2) is 4.79 Å². The van der Waals surface area contributed by atoms with Crippen molar-refractivity contribution in [2.45, 2.75) is 58.6 Å². The third-order valence-electron chi connectivity index (χ3n) is 9.35. The second-order valence-corrected chi connectivity index (χ2v) is 13.0. The number of hydrogen-bond acceptors (Lipinski definition) is 5. The van der Waals surface area contributed by atoms with Crippen LogP contribution in [0.5, 0.6) is 0 Å². The first kappa shape index (κ1) is 35.1. The molecule has 5 aromatic rings. The van der Waals surface area contributed by atoms with E-state index in [0.29, 0.717) is 13.1 Å². The smallest absolute Gasteiger partial charge is 0.315 e. The van der Waals surface area contributed by atoms with Gasteiger partial charge in [-0.15, -0.1) is 0 Å². The topological polar surface area (TPSA) is 83.1 Å². The van der Waals surface area contributed by atoms with Gasteiger partial charge in [-0.2, -0.15) is 0 Å². The molecule has 0 radical (unpaired) electrons. The number of amides is 2. The molecule has 0 spiro atoms. The summed E-state index contributed by atoms with van der Waals surface area (Å²) >= 11 is 0. The second-order valence-electron chi connectivity index (χ2n) is 13.0. The Labute approximate surface area is 295 Å². The van der Waals surface area contributed by atoms with Gasteiger partial charge < -0.3 is 25.2 Å². The molecule has 50 heavy (non-hydrogen) atoms. The van der Waals surface area contributed by atoms with Crippen molar-refractivity contribution < 1.29 is 19.4 Å². The number of benzene rings is 5. The summed E-state index contributed by atoms with van der Waals surface area (Å²) in [7, 11) is 0. The Morgan fingerprint density at radius 1 is 0.700 bits per heavy atom. The highest BCUT2D eigenvalue weighted by atomic mass is 16.7. The molecule has 258 valence electrons. The zero-order valence-corrected chi connectivity index (χ0v) is 28.9. The van der Waals surface area contributed by atoms with E-state index in [4.69, 9.17) is 9.47 Å². The normalized spacial score (nSPS) is 18.9. The molecule has 6 rings (SSSR count). The lowest BCUT2D eigenvalue weighted by atomic mass is 9.89. The Morgan fingerprint density at radius 2 is 1.30 bits per heavy atom. The summed E-state index contributed by atoms with van der Waals surface area (Å²) in [5.41, 5.74) is 8.54. The number of carbonyl (C=O) groups is 1. The molecule has 1 fully saturated rings. The molecular weight excluding hydrogens is 622 g/mol. The molecule has 0 bridgehead atoms. The van der Waals surface area contributed by atoms with Crippen molar-refractivity contribution in [2.24, 2.45) is 5.92 Å². The summed E-state index contributed by atoms with van der Waals surface area (Å²) in [6, 6.07) is 45.5. The van der Waals surface area contributed by atoms with Gasteiger partial charge in [-0.05, 0) is 45.9 Å². The van der Waals surface area contributed by atoms with Crippen molar-refractivity contribution in [1.29, 1.82) is 0 Å². The number of aliphatic hydroxyl groups excluding tert-OH is 1. The van der Waals surface area contributed by atoms with Gasteiger partial charge in [0.05, 0.1) is 18.8 Å². The van der Waals surface area contributed by atoms with E-state index in [1.54, 1.807) is 0 Å². The maximum atomic E-state index is 12.1. The average molecular weight is 670 g/mol. The predicted molar refractivity (Wildman–Crippen MR) is 198 cm³/mol. The van der Waals surface area contributed by atoms with Crippen LogP contribution in [0.2, 0.25) is 0 Å². The molecule has 7 heteroatoms. The van der Waals surface area contributed by atoms with E-state index in [9.17, 15) is 9.90 Å². The fraction of sp³-hybridized carbons (Fsp3) is 0.279. The summed E-state index contributed by atoms with van der Waals surface area (Å²) < 4.78 is 13.7. The molecule has 5 aromatic carbocycles. The Hall–Kier alpha value is -4.79. The molecular formula is C43H47N3O4. The predicted octanol–water partition coefficient (Wildman–Crippen LogP) is 8.16. The largest absolute Gasteiger partial charge is 0.392 e. The van der Waals surface area contributed by atoms with E-state index >= 15 is 0 Å². The molecule has 0 saturated carbocycles. The van der Waals surface area contributed by atoms with Gasteiger partial charge in [0.15, 0.2) is 6.29 Å². The lowest BCUT2D eigenvalue weighted by Crippen LogP contribution is -2.44. The number of urea groups is 1. The first-order chi connectivity index (χ1) is 24.5. The van der Waals surface area contributed by atoms with Crippen molar-refractivity contribution >= 4 is 6.03 Å². The van der Waals surface area contributed by atoms with Gasteiger partial charge in [0, 0.05) is 44.2 Å². The number of hydrogen-bond donors (Lipinski definition) is 3. The Kier molecular flexibility index (Phi) is 12.1. The summed E-state index contributed by atoms with van der Waals surface area (Å²) in [4.78, 5) is 14.5. The summed E-state index contributed by atoms with van der Waals surface area (Å²) in [6.45, 7) is 7.44. The second kappa shape index (κ2) is 17.2. The SMILES string of the molecule is CCNC(=O)NCc1ccccc1-c1ccc([C@@H]2O[C@H](CN(Cc3ccccc3)Cc3ccccc3)[C@H](C)[C@H](c3ccc(CO)cc3)O2)cc1. The van der Waals surface area contributed by atoms with Crippen LogP contribution < -0.4 is 10.6 Å². The van der Waals surface area contributed by atoms with Gasteiger partial charge in [0.2, 0.25) is 0 Å². The van der Waals surface area contributed by atoms with Gasteiger partial charge in [0.25, 0.3) is 0 Å². The summed E-state index contributed by atoms with van der Waals surface area (Å²) in [5, 5.41) is 15.4. The number of nitrogens with one attached hydrogen (secondary N) is 2. The lowest BCUT2D eigenvalue weighted by Gasteiger charge is -2.43. The van der Waals surface area contributed by atoms with E-state index in [0.717, 1.165) is 53.0 Å². The van der Waals surface area contributed by atoms with Crippen LogP contribution in [0.4, 0.5) is 4.79 Å². The molecule has 3 N–H and O–H groups in total. The molecule has 0 unspecified atom stereocenters. The molecule has 1 aliphatic heterocycles. The zero-order valence-electron chi connectivity index (χ0n) is 28.9. The van der Waals surface area contributed by atoms with Gasteiger partial charge in [-0.3, -0.25) is 4.90 Å². The highest BCUT2D eigenvalue weighted by molar-refractivity contribution is 5.74. The molecule has 0 aliphatic carbocycles. The van der Waals surface area contributed by atoms with Crippen LogP contribution in [0.1, 0.15) is 59.6 Å². The zero-order chi connectivity index (χ0) is 34.7. The summed E-state index contributed by atoms with van der Waals surface area (Å²) in [5.74, 6) is 0.0591. The minimum atomic E-state index is -0.572. The molecule has 1 saturated heterocycles. The number of carbonyl (C=O) groups excluding carboxylic acids is 1. The highest BCUT2D eigenvalue weighted by Gasteiger charge is 2.39. The van der Waals surface area contributed by atoms with E-state index in [1.807, 2.05) is 37.3 Å². The van der Waals surface area contributed by atoms with E-state index in [-0.39, 0.29) is 30.8 Å². The monoisotopic (exact) mass is 669 g/mol. The average Bonchev–Trinajstić information content (AvgIpc) is 3.16. The maximum Gasteiger partial charge on any atom is 0.315 e. The minimum absolute atomic E-state index is 0.00112. The first-order valence-corrected chi connectivity index (χ1v) is 17.5. The number of aliphatic hydroxyl groups is 1. The van der Waals surface area contributed by atoms with Crippen LogP contribution in [-0.4, -0.2) is 35.2 Å². The van der Waals surface area contributed by atoms with Crippen molar-refractivity contribution in [3.8, 4) is 11.1 Å². The van der Waals surface area contributed by atoms with Crippen LogP contribution in [-0.2, 0) is 35.7 Å². The van der Waals surface area contributed by atoms with Crippen LogP contribution in [0, 0.1) is 5.92 Å². The van der Waals surface area contributed by atoms with Gasteiger partial charge in [-0.1, -0.05) is 140 Å². The third kappa shape index (κ3) is 9.05. The fourth-order valence-corrected chi connectivity index (χ4v) is 6.63. The molecule has 1 heterocycles. The maximum absolute atomic E-state index is 12.1. The van der Waals surface area contributed by atoms with Crippen LogP contribution >= 0.6 is 0 Å². The van der Waals surface area contributed by atoms with Crippen molar-refractivity contribution in [1.82, 2.24) is 15.5 Å². The standard InChI is InChI=1S/C43H47N3O4/c1-3-44-43(48)45-26-38-16-10-11-17-39(38)35-22-24-37(25-23-35)42-49-40(31(2)41(50-42)36-20-18-34(30-47)19-21-36)29-46(27-32-12-6-4-7-13-32)28-33-14-8-5-9-15-33/h4-25,31,40-42,47H,3,26-30H2,1-2H3,(H2,44,45,48)/t31-,40+,41+,42+/m0/s1. The highest BCUT2D eigenvalue weighted by Crippen LogP contribution is 2.42. The van der Waals surface area contributed by atoms with E-state index in [1.165, 1.54) is 11.1 Å². The van der Waals surface area contributed by atoms with Crippen molar-refractivity contribution in [2.75, 3.05) is 13.1 Å². The van der Waals surface area contributed by atoms with E-state index < -0.39 is 6.29 Å². The first-order valence-electron chi connectivity index (χ1n) is 17.5. The molecule has 7 nitrogen and oxygen atoms in total. The number of rotatable bonds is 13. The van der Waals surface area contributed by atoms with E-state index in [2.05, 4.69) is 126 Å². The van der Waals surface area contributed by atoms with Gasteiger partial charge in [0.1, 0.15) is 0 Å². The lowest BCUT2D eigenvalue weighted by molar-refractivity contribution is -0.276. The quantitative estimate of drug-likeness (QED) is 0.118. The van der Waals surface area contributed by atoms with Crippen LogP contribution in [0.15, 0.2) is 133 Å². The molecule has 1 aliphatic rings. The van der Waals surface area contributed by atoms with Crippen molar-refractivity contribution in [3.63, 3.8) is 0 Å². The molecule has 2 amide bonds. The Bertz CT molecular complexity index is 1740. The van der Waals surface area contributed by atoms with Crippen LogP contribution in [0.3, 0.4) is 0 Å². The molecule has 0 aromatic heterocycles. The number of ether oxygens (including phenoxy) is 2. The third-order valence-corrected chi connectivity index (χ3v) is 9.35. The Morgan fingerprint density at radius 3 is 1.92 bits per heavy atom. The number of nitrogens with zero attached hydrogens (tertiary/aromatic N) is 1. The Balaban J connectivity index is 1.27. The van der Waals surface area contributed by atoms with Crippen LogP contribution in [0.25, 0.3) is 11.1 Å². The molecule has 4 atom stereocenters. The minimum Gasteiger partial charge on any atom is -0.392 e. The van der Waals surface area contributed by atoms with Crippen molar-refractivity contribution in [3.05, 3.63) is 167 Å². The fourth-order valence-electron chi connectivity index (χ4n) is 6.63. The summed E-state index contributed by atoms with van der Waals surface area (Å²) in [6.07, 6.45) is -0.898.